The number of amides is 2. The van der Waals surface area contributed by atoms with Crippen molar-refractivity contribution >= 4 is 17.8 Å². The molecule has 2 saturated heterocycles. The van der Waals surface area contributed by atoms with E-state index in [0.717, 1.165) is 16.9 Å². The molecule has 2 amide bonds. The van der Waals surface area contributed by atoms with E-state index >= 15 is 0 Å². The van der Waals surface area contributed by atoms with Gasteiger partial charge in [0.1, 0.15) is 12.3 Å². The minimum atomic E-state index is -1.04. The zero-order chi connectivity index (χ0) is 23.4. The number of carbonyl (C=O) groups is 3. The van der Waals surface area contributed by atoms with Crippen molar-refractivity contribution in [3.8, 4) is 5.75 Å². The van der Waals surface area contributed by atoms with Crippen LogP contribution in [0, 0.1) is 0 Å². The number of hydrogen-bond acceptors (Lipinski definition) is 5. The van der Waals surface area contributed by atoms with E-state index in [4.69, 9.17) is 4.74 Å². The number of nitrogens with one attached hydrogen (secondary N) is 1. The predicted molar refractivity (Wildman–Crippen MR) is 122 cm³/mol. The standard InChI is InChI=1S/C25H29N3O5/c1-33-20-9-7-19(8-10-20)16-22(29)27-13-11-25(12-14-27)26-21(15-18-5-3-2-4-6-18)24(32)28(25)17-23(30)31/h2-10,21,26H,11-17H2,1H3,(H,30,31). The van der Waals surface area contributed by atoms with E-state index in [-0.39, 0.29) is 18.4 Å². The smallest absolute Gasteiger partial charge is 0.323 e. The van der Waals surface area contributed by atoms with E-state index in [0.29, 0.717) is 38.8 Å². The van der Waals surface area contributed by atoms with Crippen molar-refractivity contribution in [2.24, 2.45) is 0 Å². The minimum Gasteiger partial charge on any atom is -0.497 e. The second-order valence-electron chi connectivity index (χ2n) is 8.64. The van der Waals surface area contributed by atoms with E-state index in [1.807, 2.05) is 54.6 Å². The lowest BCUT2D eigenvalue weighted by atomic mass is 9.95. The molecule has 2 N–H and O–H groups in total. The van der Waals surface area contributed by atoms with Crippen LogP contribution in [0.25, 0.3) is 0 Å². The van der Waals surface area contributed by atoms with Gasteiger partial charge in [-0.2, -0.15) is 0 Å². The van der Waals surface area contributed by atoms with Crippen LogP contribution in [-0.4, -0.2) is 71.1 Å². The molecule has 174 valence electrons. The molecule has 4 rings (SSSR count). The lowest BCUT2D eigenvalue weighted by Gasteiger charge is -2.44. The highest BCUT2D eigenvalue weighted by molar-refractivity contribution is 5.88. The van der Waals surface area contributed by atoms with Gasteiger partial charge in [0.15, 0.2) is 0 Å². The van der Waals surface area contributed by atoms with E-state index in [9.17, 15) is 19.5 Å². The van der Waals surface area contributed by atoms with Crippen molar-refractivity contribution in [1.29, 1.82) is 0 Å². The van der Waals surface area contributed by atoms with Gasteiger partial charge in [0.2, 0.25) is 11.8 Å². The molecule has 2 aromatic rings. The van der Waals surface area contributed by atoms with Crippen LogP contribution < -0.4 is 10.1 Å². The number of hydrogen-bond donors (Lipinski definition) is 2. The van der Waals surface area contributed by atoms with Crippen molar-refractivity contribution in [3.05, 3.63) is 65.7 Å². The highest BCUT2D eigenvalue weighted by Crippen LogP contribution is 2.33. The average molecular weight is 452 g/mol. The zero-order valence-corrected chi connectivity index (χ0v) is 18.7. The van der Waals surface area contributed by atoms with Crippen molar-refractivity contribution in [2.45, 2.75) is 37.4 Å². The van der Waals surface area contributed by atoms with Crippen LogP contribution in [0.5, 0.6) is 5.75 Å². The van der Waals surface area contributed by atoms with Crippen molar-refractivity contribution in [1.82, 2.24) is 15.1 Å². The van der Waals surface area contributed by atoms with E-state index in [2.05, 4.69) is 5.32 Å². The summed E-state index contributed by atoms with van der Waals surface area (Å²) < 4.78 is 5.16. The van der Waals surface area contributed by atoms with Crippen LogP contribution in [0.15, 0.2) is 54.6 Å². The average Bonchev–Trinajstić information content (AvgIpc) is 3.05. The van der Waals surface area contributed by atoms with Gasteiger partial charge < -0.3 is 19.6 Å². The van der Waals surface area contributed by atoms with E-state index in [1.54, 1.807) is 12.0 Å². The number of likely N-dealkylation sites (tertiary alicyclic amines) is 1. The second kappa shape index (κ2) is 9.62. The Morgan fingerprint density at radius 2 is 1.73 bits per heavy atom. The third-order valence-electron chi connectivity index (χ3n) is 6.56. The Bertz CT molecular complexity index is 1000. The number of ether oxygens (including phenoxy) is 1. The topological polar surface area (TPSA) is 99.2 Å². The molecule has 2 aromatic carbocycles. The van der Waals surface area contributed by atoms with Crippen LogP contribution in [0.4, 0.5) is 0 Å². The molecule has 1 spiro atoms. The van der Waals surface area contributed by atoms with Crippen molar-refractivity contribution < 1.29 is 24.2 Å². The van der Waals surface area contributed by atoms with Gasteiger partial charge in [-0.3, -0.25) is 19.7 Å². The molecule has 0 aromatic heterocycles. The lowest BCUT2D eigenvalue weighted by Crippen LogP contribution is -2.60. The van der Waals surface area contributed by atoms with Crippen LogP contribution in [0.2, 0.25) is 0 Å². The Labute approximate surface area is 193 Å². The Balaban J connectivity index is 1.43. The fourth-order valence-electron chi connectivity index (χ4n) is 4.79. The first kappa shape index (κ1) is 22.8. The summed E-state index contributed by atoms with van der Waals surface area (Å²) in [6.07, 6.45) is 1.77. The monoisotopic (exact) mass is 451 g/mol. The molecule has 2 aliphatic heterocycles. The summed E-state index contributed by atoms with van der Waals surface area (Å²) in [6.45, 7) is 0.573. The molecule has 2 aliphatic rings. The number of methoxy groups -OCH3 is 1. The van der Waals surface area contributed by atoms with Gasteiger partial charge in [-0.1, -0.05) is 42.5 Å². The number of carbonyl (C=O) groups excluding carboxylic acids is 2. The SMILES string of the molecule is COc1ccc(CC(=O)N2CCC3(CC2)NC(Cc2ccccc2)C(=O)N3CC(=O)O)cc1. The molecule has 8 heteroatoms. The van der Waals surface area contributed by atoms with Crippen LogP contribution in [-0.2, 0) is 27.2 Å². The molecular weight excluding hydrogens is 422 g/mol. The summed E-state index contributed by atoms with van der Waals surface area (Å²) in [4.78, 5) is 40.8. The van der Waals surface area contributed by atoms with E-state index < -0.39 is 17.7 Å². The second-order valence-corrected chi connectivity index (χ2v) is 8.64. The summed E-state index contributed by atoms with van der Waals surface area (Å²) in [6, 6.07) is 16.6. The van der Waals surface area contributed by atoms with Gasteiger partial charge in [-0.25, -0.2) is 0 Å². The van der Waals surface area contributed by atoms with Crippen molar-refractivity contribution in [2.75, 3.05) is 26.7 Å². The highest BCUT2D eigenvalue weighted by atomic mass is 16.5. The van der Waals surface area contributed by atoms with Crippen LogP contribution in [0.3, 0.4) is 0 Å². The molecule has 1 unspecified atom stereocenters. The molecular formula is C25H29N3O5. The molecule has 0 saturated carbocycles. The Hall–Kier alpha value is -3.39. The van der Waals surface area contributed by atoms with Crippen molar-refractivity contribution in [3.63, 3.8) is 0 Å². The number of aliphatic carboxylic acids is 1. The Morgan fingerprint density at radius 3 is 2.33 bits per heavy atom. The maximum Gasteiger partial charge on any atom is 0.323 e. The lowest BCUT2D eigenvalue weighted by molar-refractivity contribution is -0.148. The first-order valence-corrected chi connectivity index (χ1v) is 11.2. The number of carboxylic acids is 1. The number of benzene rings is 2. The number of nitrogens with zero attached hydrogens (tertiary/aromatic N) is 2. The first-order valence-electron chi connectivity index (χ1n) is 11.2. The largest absolute Gasteiger partial charge is 0.497 e. The fraction of sp³-hybridized carbons (Fsp3) is 0.400. The van der Waals surface area contributed by atoms with Crippen LogP contribution in [0.1, 0.15) is 24.0 Å². The molecule has 2 fully saturated rings. The summed E-state index contributed by atoms with van der Waals surface area (Å²) in [5.41, 5.74) is 1.18. The van der Waals surface area contributed by atoms with Gasteiger partial charge in [-0.15, -0.1) is 0 Å². The molecule has 0 bridgehead atoms. The minimum absolute atomic E-state index is 0.0185. The maximum atomic E-state index is 13.1. The number of carboxylic acid groups (broad SMARTS) is 1. The normalized spacial score (nSPS) is 19.7. The summed E-state index contributed by atoms with van der Waals surface area (Å²) in [5.74, 6) is -0.473. The van der Waals surface area contributed by atoms with Gasteiger partial charge >= 0.3 is 5.97 Å². The first-order chi connectivity index (χ1) is 15.9. The molecule has 2 heterocycles. The maximum absolute atomic E-state index is 13.1. The summed E-state index contributed by atoms with van der Waals surface area (Å²) >= 11 is 0. The van der Waals surface area contributed by atoms with Gasteiger partial charge in [0, 0.05) is 25.9 Å². The molecule has 1 atom stereocenters. The third-order valence-corrected chi connectivity index (χ3v) is 6.56. The molecule has 0 aliphatic carbocycles. The molecule has 33 heavy (non-hydrogen) atoms. The zero-order valence-electron chi connectivity index (χ0n) is 18.7. The predicted octanol–water partition coefficient (Wildman–Crippen LogP) is 1.68. The fourth-order valence-corrected chi connectivity index (χ4v) is 4.79. The van der Waals surface area contributed by atoms with E-state index in [1.165, 1.54) is 4.90 Å². The van der Waals surface area contributed by atoms with Crippen LogP contribution >= 0.6 is 0 Å². The third kappa shape index (κ3) is 5.01. The quantitative estimate of drug-likeness (QED) is 0.665. The van der Waals surface area contributed by atoms with Gasteiger partial charge in [-0.05, 0) is 29.7 Å². The molecule has 0 radical (unpaired) electrons. The van der Waals surface area contributed by atoms with Gasteiger partial charge in [0.25, 0.3) is 0 Å². The number of rotatable bonds is 7. The summed E-state index contributed by atoms with van der Waals surface area (Å²) in [5, 5.41) is 12.9. The Morgan fingerprint density at radius 1 is 1.06 bits per heavy atom. The van der Waals surface area contributed by atoms with Gasteiger partial charge in [0.05, 0.1) is 25.2 Å². The Kier molecular flexibility index (Phi) is 6.65. The summed E-state index contributed by atoms with van der Waals surface area (Å²) in [7, 11) is 1.60. The molecule has 8 nitrogen and oxygen atoms in total. The number of piperidine rings is 1. The highest BCUT2D eigenvalue weighted by Gasteiger charge is 2.52.